The van der Waals surface area contributed by atoms with Gasteiger partial charge in [0.25, 0.3) is 0 Å². The minimum Gasteiger partial charge on any atom is -0.329 e. The molecule has 0 aromatic heterocycles. The summed E-state index contributed by atoms with van der Waals surface area (Å²) in [4.78, 5) is 0. The molecule has 1 aliphatic carbocycles. The number of hydrogen-bond donors (Lipinski definition) is 1. The molecule has 1 heteroatoms. The molecule has 0 aliphatic heterocycles. The molecule has 0 saturated heterocycles. The average Bonchev–Trinajstić information content (AvgIpc) is 2.13. The minimum atomic E-state index is 0.0492. The third-order valence-electron chi connectivity index (χ3n) is 1.94. The van der Waals surface area contributed by atoms with Crippen LogP contribution in [0.2, 0.25) is 0 Å². The van der Waals surface area contributed by atoms with Crippen molar-refractivity contribution in [2.24, 2.45) is 11.1 Å². The molecule has 60 valence electrons. The normalized spacial score (nSPS) is 29.9. The van der Waals surface area contributed by atoms with E-state index in [2.05, 4.69) is 38.2 Å². The maximum Gasteiger partial charge on any atom is 0.0164 e. The van der Waals surface area contributed by atoms with E-state index in [0.717, 1.165) is 0 Å². The van der Waals surface area contributed by atoms with Gasteiger partial charge in [0.15, 0.2) is 0 Å². The summed E-state index contributed by atoms with van der Waals surface area (Å²) in [6.45, 7) is 4.90. The van der Waals surface area contributed by atoms with Crippen molar-refractivity contribution in [3.05, 3.63) is 36.0 Å². The lowest BCUT2D eigenvalue weighted by atomic mass is 9.89. The fourth-order valence-electron chi connectivity index (χ4n) is 1.23. The minimum absolute atomic E-state index is 0.0492. The molecular formula is C10H15N. The fraction of sp³-hybridized carbons (Fsp3) is 0.400. The average molecular weight is 149 g/mol. The van der Waals surface area contributed by atoms with E-state index in [0.29, 0.717) is 6.54 Å². The van der Waals surface area contributed by atoms with E-state index in [1.165, 1.54) is 5.57 Å². The SMILES string of the molecule is CC1=CC(C)(CN)C=CC=C1. The summed E-state index contributed by atoms with van der Waals surface area (Å²) in [5.41, 5.74) is 6.98. The van der Waals surface area contributed by atoms with E-state index >= 15 is 0 Å². The Kier molecular flexibility index (Phi) is 2.30. The van der Waals surface area contributed by atoms with E-state index < -0.39 is 0 Å². The van der Waals surface area contributed by atoms with Gasteiger partial charge in [-0.3, -0.25) is 0 Å². The number of allylic oxidation sites excluding steroid dienone is 4. The first-order chi connectivity index (χ1) is 5.16. The molecule has 0 bridgehead atoms. The quantitative estimate of drug-likeness (QED) is 0.606. The summed E-state index contributed by atoms with van der Waals surface area (Å²) in [5, 5.41) is 0. The van der Waals surface area contributed by atoms with Gasteiger partial charge in [0.2, 0.25) is 0 Å². The van der Waals surface area contributed by atoms with Gasteiger partial charge in [-0.15, -0.1) is 0 Å². The van der Waals surface area contributed by atoms with Gasteiger partial charge >= 0.3 is 0 Å². The summed E-state index contributed by atoms with van der Waals surface area (Å²) in [7, 11) is 0. The third kappa shape index (κ3) is 2.05. The lowest BCUT2D eigenvalue weighted by Crippen LogP contribution is -2.22. The Labute approximate surface area is 68.3 Å². The second-order valence-electron chi connectivity index (χ2n) is 3.32. The molecule has 1 atom stereocenters. The van der Waals surface area contributed by atoms with Crippen molar-refractivity contribution in [3.63, 3.8) is 0 Å². The lowest BCUT2D eigenvalue weighted by molar-refractivity contribution is 0.564. The Balaban J connectivity index is 2.92. The highest BCUT2D eigenvalue weighted by atomic mass is 14.6. The monoisotopic (exact) mass is 149 g/mol. The molecular weight excluding hydrogens is 134 g/mol. The van der Waals surface area contributed by atoms with E-state index in [1.54, 1.807) is 0 Å². The fourth-order valence-corrected chi connectivity index (χ4v) is 1.23. The van der Waals surface area contributed by atoms with Crippen molar-refractivity contribution in [2.45, 2.75) is 13.8 Å². The van der Waals surface area contributed by atoms with Crippen molar-refractivity contribution in [2.75, 3.05) is 6.54 Å². The van der Waals surface area contributed by atoms with E-state index in [9.17, 15) is 0 Å². The summed E-state index contributed by atoms with van der Waals surface area (Å²) in [5.74, 6) is 0. The Morgan fingerprint density at radius 3 is 2.82 bits per heavy atom. The highest BCUT2D eigenvalue weighted by molar-refractivity contribution is 5.30. The van der Waals surface area contributed by atoms with Crippen LogP contribution in [0.1, 0.15) is 13.8 Å². The summed E-state index contributed by atoms with van der Waals surface area (Å²) < 4.78 is 0. The van der Waals surface area contributed by atoms with Crippen LogP contribution >= 0.6 is 0 Å². The standard InChI is InChI=1S/C10H15N/c1-9-5-3-4-6-10(2,7-9)8-11/h3-7H,8,11H2,1-2H3. The highest BCUT2D eigenvalue weighted by Crippen LogP contribution is 2.22. The molecule has 1 rings (SSSR count). The van der Waals surface area contributed by atoms with Gasteiger partial charge in [-0.05, 0) is 6.92 Å². The zero-order valence-electron chi connectivity index (χ0n) is 7.17. The molecule has 1 unspecified atom stereocenters. The molecule has 11 heavy (non-hydrogen) atoms. The molecule has 1 nitrogen and oxygen atoms in total. The summed E-state index contributed by atoms with van der Waals surface area (Å²) >= 11 is 0. The first-order valence-electron chi connectivity index (χ1n) is 3.92. The van der Waals surface area contributed by atoms with Crippen LogP contribution in [0.3, 0.4) is 0 Å². The number of rotatable bonds is 1. The third-order valence-corrected chi connectivity index (χ3v) is 1.94. The smallest absolute Gasteiger partial charge is 0.0164 e. The van der Waals surface area contributed by atoms with Crippen LogP contribution in [-0.2, 0) is 0 Å². The lowest BCUT2D eigenvalue weighted by Gasteiger charge is -2.18. The molecule has 0 spiro atoms. The van der Waals surface area contributed by atoms with Gasteiger partial charge in [-0.25, -0.2) is 0 Å². The summed E-state index contributed by atoms with van der Waals surface area (Å²) in [6.07, 6.45) is 10.5. The van der Waals surface area contributed by atoms with E-state index in [1.807, 2.05) is 6.08 Å². The van der Waals surface area contributed by atoms with Crippen molar-refractivity contribution in [1.82, 2.24) is 0 Å². The van der Waals surface area contributed by atoms with Gasteiger partial charge in [0.1, 0.15) is 0 Å². The van der Waals surface area contributed by atoms with E-state index in [-0.39, 0.29) is 5.41 Å². The molecule has 0 heterocycles. The van der Waals surface area contributed by atoms with Crippen molar-refractivity contribution >= 4 is 0 Å². The molecule has 2 N–H and O–H groups in total. The van der Waals surface area contributed by atoms with Gasteiger partial charge in [0.05, 0.1) is 0 Å². The van der Waals surface area contributed by atoms with Crippen LogP contribution in [0.25, 0.3) is 0 Å². The molecule has 0 aromatic rings. The van der Waals surface area contributed by atoms with Crippen LogP contribution in [0.15, 0.2) is 36.0 Å². The molecule has 1 aliphatic rings. The molecule has 0 radical (unpaired) electrons. The second kappa shape index (κ2) is 3.05. The molecule has 0 saturated carbocycles. The molecule has 0 amide bonds. The van der Waals surface area contributed by atoms with Crippen molar-refractivity contribution in [3.8, 4) is 0 Å². The molecule has 0 fully saturated rings. The van der Waals surface area contributed by atoms with Crippen LogP contribution < -0.4 is 5.73 Å². The summed E-state index contributed by atoms with van der Waals surface area (Å²) in [6, 6.07) is 0. The van der Waals surface area contributed by atoms with Gasteiger partial charge in [0, 0.05) is 12.0 Å². The largest absolute Gasteiger partial charge is 0.329 e. The predicted molar refractivity (Wildman–Crippen MR) is 49.2 cm³/mol. The van der Waals surface area contributed by atoms with Gasteiger partial charge < -0.3 is 5.73 Å². The van der Waals surface area contributed by atoms with Crippen LogP contribution in [-0.4, -0.2) is 6.54 Å². The van der Waals surface area contributed by atoms with E-state index in [4.69, 9.17) is 5.73 Å². The zero-order chi connectivity index (χ0) is 8.32. The van der Waals surface area contributed by atoms with Crippen LogP contribution in [0.4, 0.5) is 0 Å². The Hall–Kier alpha value is -0.820. The van der Waals surface area contributed by atoms with Gasteiger partial charge in [-0.2, -0.15) is 0 Å². The Morgan fingerprint density at radius 1 is 1.45 bits per heavy atom. The van der Waals surface area contributed by atoms with Crippen molar-refractivity contribution in [1.29, 1.82) is 0 Å². The maximum atomic E-state index is 5.65. The zero-order valence-corrected chi connectivity index (χ0v) is 7.17. The Morgan fingerprint density at radius 2 is 2.18 bits per heavy atom. The second-order valence-corrected chi connectivity index (χ2v) is 3.32. The number of hydrogen-bond acceptors (Lipinski definition) is 1. The van der Waals surface area contributed by atoms with Crippen molar-refractivity contribution < 1.29 is 0 Å². The highest BCUT2D eigenvalue weighted by Gasteiger charge is 2.15. The number of nitrogens with two attached hydrogens (primary N) is 1. The first-order valence-corrected chi connectivity index (χ1v) is 3.92. The van der Waals surface area contributed by atoms with Gasteiger partial charge in [-0.1, -0.05) is 42.9 Å². The topological polar surface area (TPSA) is 26.0 Å². The Bertz CT molecular complexity index is 223. The maximum absolute atomic E-state index is 5.65. The van der Waals surface area contributed by atoms with Crippen LogP contribution in [0, 0.1) is 5.41 Å². The molecule has 0 aromatic carbocycles. The predicted octanol–water partition coefficient (Wildman–Crippen LogP) is 2.02. The van der Waals surface area contributed by atoms with Crippen LogP contribution in [0.5, 0.6) is 0 Å². The first kappa shape index (κ1) is 8.28.